The number of benzene rings is 1. The Morgan fingerprint density at radius 2 is 1.94 bits per heavy atom. The summed E-state index contributed by atoms with van der Waals surface area (Å²) in [5.41, 5.74) is 2.94. The van der Waals surface area contributed by atoms with Crippen LogP contribution >= 0.6 is 0 Å². The van der Waals surface area contributed by atoms with Gasteiger partial charge in [0, 0.05) is 43.5 Å². The molecule has 194 valence electrons. The quantitative estimate of drug-likeness (QED) is 0.533. The van der Waals surface area contributed by atoms with Gasteiger partial charge in [0.15, 0.2) is 5.82 Å². The summed E-state index contributed by atoms with van der Waals surface area (Å²) in [6.45, 7) is 8.94. The van der Waals surface area contributed by atoms with Crippen LogP contribution in [-0.2, 0) is 4.74 Å². The van der Waals surface area contributed by atoms with Crippen molar-refractivity contribution in [1.29, 1.82) is 0 Å². The fourth-order valence-electron chi connectivity index (χ4n) is 5.49. The fraction of sp³-hybridized carbons (Fsp3) is 0.577. The van der Waals surface area contributed by atoms with Gasteiger partial charge in [0.05, 0.1) is 37.1 Å². The number of hydrogen-bond acceptors (Lipinski definition) is 8. The first kappa shape index (κ1) is 25.0. The molecule has 0 saturated carbocycles. The standard InChI is InChI=1S/C26H35FN6O3/c1-16-8-19-11-28-33(24(19)9-22(16)21-4-5-31(12-17(2)35)14-23(21)27)26-10-25(29-18(3)30-26)32-6-7-36-20(13-32)15-34/h8-11,17,20-21,23,34-35H,4-7,12-15H2,1-3H3. The number of aliphatic hydroxyl groups excluding tert-OH is 2. The third kappa shape index (κ3) is 5.08. The number of aromatic nitrogens is 4. The first-order chi connectivity index (χ1) is 17.3. The molecule has 10 heteroatoms. The maximum Gasteiger partial charge on any atom is 0.159 e. The Morgan fingerprint density at radius 3 is 2.69 bits per heavy atom. The van der Waals surface area contributed by atoms with Crippen LogP contribution in [-0.4, -0.2) is 99.2 Å². The Labute approximate surface area is 210 Å². The van der Waals surface area contributed by atoms with Gasteiger partial charge in [0.1, 0.15) is 17.8 Å². The third-order valence-corrected chi connectivity index (χ3v) is 7.20. The van der Waals surface area contributed by atoms with Gasteiger partial charge < -0.3 is 19.8 Å². The van der Waals surface area contributed by atoms with Crippen molar-refractivity contribution < 1.29 is 19.3 Å². The summed E-state index contributed by atoms with van der Waals surface area (Å²) < 4.78 is 22.7. The molecule has 9 nitrogen and oxygen atoms in total. The molecule has 5 rings (SSSR count). The van der Waals surface area contributed by atoms with Crippen molar-refractivity contribution in [2.75, 3.05) is 50.8 Å². The second-order valence-corrected chi connectivity index (χ2v) is 10.1. The van der Waals surface area contributed by atoms with E-state index in [4.69, 9.17) is 4.74 Å². The van der Waals surface area contributed by atoms with E-state index in [1.807, 2.05) is 31.0 Å². The topological polar surface area (TPSA) is 99.8 Å². The molecule has 4 heterocycles. The summed E-state index contributed by atoms with van der Waals surface area (Å²) in [6.07, 6.45) is 0.814. The minimum atomic E-state index is -1.00. The average molecular weight is 499 g/mol. The lowest BCUT2D eigenvalue weighted by molar-refractivity contribution is 0.00335. The number of ether oxygens (including phenoxy) is 1. The van der Waals surface area contributed by atoms with Crippen LogP contribution in [0.25, 0.3) is 16.7 Å². The monoisotopic (exact) mass is 498 g/mol. The molecule has 2 aliphatic heterocycles. The van der Waals surface area contributed by atoms with Gasteiger partial charge in [0.2, 0.25) is 0 Å². The van der Waals surface area contributed by atoms with Crippen LogP contribution in [0, 0.1) is 13.8 Å². The van der Waals surface area contributed by atoms with E-state index in [-0.39, 0.29) is 18.6 Å². The molecule has 36 heavy (non-hydrogen) atoms. The van der Waals surface area contributed by atoms with Gasteiger partial charge in [-0.15, -0.1) is 0 Å². The van der Waals surface area contributed by atoms with Gasteiger partial charge in [-0.2, -0.15) is 5.10 Å². The van der Waals surface area contributed by atoms with Crippen LogP contribution in [0.2, 0.25) is 0 Å². The predicted molar refractivity (Wildman–Crippen MR) is 136 cm³/mol. The van der Waals surface area contributed by atoms with E-state index < -0.39 is 12.3 Å². The van der Waals surface area contributed by atoms with Gasteiger partial charge in [-0.3, -0.25) is 4.90 Å². The van der Waals surface area contributed by atoms with E-state index in [1.54, 1.807) is 11.6 Å². The molecule has 2 N–H and O–H groups in total. The maximum atomic E-state index is 15.3. The fourth-order valence-corrected chi connectivity index (χ4v) is 5.49. The van der Waals surface area contributed by atoms with E-state index in [2.05, 4.69) is 32.1 Å². The van der Waals surface area contributed by atoms with E-state index in [0.29, 0.717) is 50.8 Å². The Balaban J connectivity index is 1.47. The number of alkyl halides is 1. The smallest absolute Gasteiger partial charge is 0.159 e. The summed E-state index contributed by atoms with van der Waals surface area (Å²) in [7, 11) is 0. The number of fused-ring (bicyclic) bond motifs is 1. The van der Waals surface area contributed by atoms with Gasteiger partial charge in [0.25, 0.3) is 0 Å². The molecule has 0 amide bonds. The molecule has 4 unspecified atom stereocenters. The Hall–Kier alpha value is -2.66. The number of β-amino-alcohol motifs (C(OH)–C–C–N with tert-alkyl or cyclic N) is 1. The average Bonchev–Trinajstić information content (AvgIpc) is 3.26. The van der Waals surface area contributed by atoms with Crippen LogP contribution in [0.5, 0.6) is 0 Å². The van der Waals surface area contributed by atoms with E-state index >= 15 is 4.39 Å². The van der Waals surface area contributed by atoms with Gasteiger partial charge in [-0.05, 0) is 57.0 Å². The molecule has 0 spiro atoms. The minimum Gasteiger partial charge on any atom is -0.394 e. The zero-order valence-electron chi connectivity index (χ0n) is 21.1. The highest BCUT2D eigenvalue weighted by molar-refractivity contribution is 5.82. The van der Waals surface area contributed by atoms with Crippen LogP contribution in [0.15, 0.2) is 24.4 Å². The molecule has 0 aliphatic carbocycles. The molecule has 2 aliphatic rings. The summed E-state index contributed by atoms with van der Waals surface area (Å²) >= 11 is 0. The highest BCUT2D eigenvalue weighted by Gasteiger charge is 2.32. The van der Waals surface area contributed by atoms with Crippen molar-refractivity contribution in [1.82, 2.24) is 24.6 Å². The number of aliphatic hydroxyl groups is 2. The molecule has 1 aromatic carbocycles. The number of aryl methyl sites for hydroxylation is 2. The van der Waals surface area contributed by atoms with Crippen molar-refractivity contribution in [2.45, 2.75) is 51.5 Å². The first-order valence-electron chi connectivity index (χ1n) is 12.7. The number of likely N-dealkylation sites (tertiary alicyclic amines) is 1. The highest BCUT2D eigenvalue weighted by Crippen LogP contribution is 2.35. The number of anilines is 1. The number of hydrogen-bond donors (Lipinski definition) is 2. The zero-order chi connectivity index (χ0) is 25.4. The largest absolute Gasteiger partial charge is 0.394 e. The second-order valence-electron chi connectivity index (χ2n) is 10.1. The van der Waals surface area contributed by atoms with Gasteiger partial charge in [-0.1, -0.05) is 0 Å². The molecular weight excluding hydrogens is 463 g/mol. The summed E-state index contributed by atoms with van der Waals surface area (Å²) in [5, 5.41) is 24.8. The number of morpholine rings is 1. The Morgan fingerprint density at radius 1 is 1.14 bits per heavy atom. The lowest BCUT2D eigenvalue weighted by Crippen LogP contribution is -2.44. The molecule has 0 bridgehead atoms. The molecule has 0 radical (unpaired) electrons. The van der Waals surface area contributed by atoms with E-state index in [9.17, 15) is 10.2 Å². The van der Waals surface area contributed by atoms with Crippen molar-refractivity contribution in [3.05, 3.63) is 41.3 Å². The number of nitrogens with zero attached hydrogens (tertiary/aromatic N) is 6. The predicted octanol–water partition coefficient (Wildman–Crippen LogP) is 2.14. The molecular formula is C26H35FN6O3. The van der Waals surface area contributed by atoms with Crippen LogP contribution in [0.4, 0.5) is 10.2 Å². The maximum absolute atomic E-state index is 15.3. The van der Waals surface area contributed by atoms with E-state index in [1.165, 1.54) is 0 Å². The van der Waals surface area contributed by atoms with Crippen molar-refractivity contribution in [3.63, 3.8) is 0 Å². The second kappa shape index (κ2) is 10.4. The summed E-state index contributed by atoms with van der Waals surface area (Å²) in [6, 6.07) is 6.05. The molecule has 2 saturated heterocycles. The highest BCUT2D eigenvalue weighted by atomic mass is 19.1. The van der Waals surface area contributed by atoms with Crippen LogP contribution in [0.1, 0.15) is 36.2 Å². The SMILES string of the molecule is Cc1nc(N2CCOC(CO)C2)cc(-n2ncc3cc(C)c(C4CCN(CC(C)O)CC4F)cc32)n1. The number of piperidine rings is 1. The lowest BCUT2D eigenvalue weighted by Gasteiger charge is -2.36. The molecule has 3 aromatic rings. The third-order valence-electron chi connectivity index (χ3n) is 7.20. The van der Waals surface area contributed by atoms with E-state index in [0.717, 1.165) is 34.4 Å². The normalized spacial score (nSPS) is 24.4. The van der Waals surface area contributed by atoms with Crippen molar-refractivity contribution in [2.24, 2.45) is 0 Å². The van der Waals surface area contributed by atoms with Crippen molar-refractivity contribution in [3.8, 4) is 5.82 Å². The Kier molecular flexibility index (Phi) is 7.21. The number of rotatable bonds is 6. The molecule has 2 aromatic heterocycles. The van der Waals surface area contributed by atoms with Crippen LogP contribution < -0.4 is 4.90 Å². The molecule has 2 fully saturated rings. The van der Waals surface area contributed by atoms with Gasteiger partial charge in [-0.25, -0.2) is 19.0 Å². The first-order valence-corrected chi connectivity index (χ1v) is 12.7. The number of halogens is 1. The zero-order valence-corrected chi connectivity index (χ0v) is 21.1. The van der Waals surface area contributed by atoms with Crippen LogP contribution in [0.3, 0.4) is 0 Å². The Bertz CT molecular complexity index is 1220. The summed E-state index contributed by atoms with van der Waals surface area (Å²) in [5.74, 6) is 1.84. The molecule has 4 atom stereocenters. The minimum absolute atomic E-state index is 0.0349. The van der Waals surface area contributed by atoms with Gasteiger partial charge >= 0.3 is 0 Å². The van der Waals surface area contributed by atoms with Crippen molar-refractivity contribution >= 4 is 16.7 Å². The summed E-state index contributed by atoms with van der Waals surface area (Å²) in [4.78, 5) is 13.4. The lowest BCUT2D eigenvalue weighted by atomic mass is 9.85.